The number of rotatable bonds is 6. The van der Waals surface area contributed by atoms with Crippen LogP contribution < -0.4 is 0 Å². The van der Waals surface area contributed by atoms with Crippen molar-refractivity contribution in [1.82, 2.24) is 4.90 Å². The maximum Gasteiger partial charge on any atom is 0.329 e. The standard InChI is InChI=1S/C11H17NO4/c1-2-16-9-5-11(6-9,10(14)15)12(7-13)8-3-4-8/h7-9H,2-6H2,1H3,(H,14,15). The molecule has 16 heavy (non-hydrogen) atoms. The molecule has 2 rings (SSSR count). The topological polar surface area (TPSA) is 66.8 Å². The molecule has 0 atom stereocenters. The van der Waals surface area contributed by atoms with E-state index < -0.39 is 11.5 Å². The smallest absolute Gasteiger partial charge is 0.329 e. The highest BCUT2D eigenvalue weighted by Gasteiger charge is 2.58. The van der Waals surface area contributed by atoms with Crippen LogP contribution in [0.25, 0.3) is 0 Å². The van der Waals surface area contributed by atoms with E-state index in [1.807, 2.05) is 6.92 Å². The number of carbonyl (C=O) groups is 2. The maximum absolute atomic E-state index is 11.3. The Morgan fingerprint density at radius 3 is 2.56 bits per heavy atom. The van der Waals surface area contributed by atoms with Gasteiger partial charge in [0.15, 0.2) is 0 Å². The van der Waals surface area contributed by atoms with Gasteiger partial charge < -0.3 is 14.7 Å². The quantitative estimate of drug-likeness (QED) is 0.676. The van der Waals surface area contributed by atoms with Gasteiger partial charge in [0, 0.05) is 25.5 Å². The third kappa shape index (κ3) is 1.69. The van der Waals surface area contributed by atoms with Crippen molar-refractivity contribution in [2.24, 2.45) is 0 Å². The normalized spacial score (nSPS) is 32.9. The second-order valence-corrected chi connectivity index (χ2v) is 4.57. The number of hydrogen-bond acceptors (Lipinski definition) is 3. The van der Waals surface area contributed by atoms with Crippen LogP contribution in [-0.4, -0.2) is 46.7 Å². The Morgan fingerprint density at radius 2 is 2.19 bits per heavy atom. The molecule has 0 aromatic rings. The maximum atomic E-state index is 11.3. The van der Waals surface area contributed by atoms with Crippen molar-refractivity contribution in [3.63, 3.8) is 0 Å². The summed E-state index contributed by atoms with van der Waals surface area (Å²) in [6.07, 6.45) is 3.37. The molecular weight excluding hydrogens is 210 g/mol. The van der Waals surface area contributed by atoms with Crippen LogP contribution in [0.4, 0.5) is 0 Å². The van der Waals surface area contributed by atoms with E-state index in [9.17, 15) is 14.7 Å². The first-order valence-electron chi connectivity index (χ1n) is 5.73. The third-order valence-electron chi connectivity index (χ3n) is 3.48. The van der Waals surface area contributed by atoms with Gasteiger partial charge in [0.2, 0.25) is 6.41 Å². The van der Waals surface area contributed by atoms with Crippen LogP contribution in [0, 0.1) is 0 Å². The summed E-state index contributed by atoms with van der Waals surface area (Å²) in [7, 11) is 0. The Balaban J connectivity index is 2.06. The van der Waals surface area contributed by atoms with E-state index in [1.54, 1.807) is 0 Å². The largest absolute Gasteiger partial charge is 0.479 e. The summed E-state index contributed by atoms with van der Waals surface area (Å²) in [5.41, 5.74) is -0.997. The van der Waals surface area contributed by atoms with Gasteiger partial charge in [0.1, 0.15) is 5.54 Å². The van der Waals surface area contributed by atoms with Gasteiger partial charge in [-0.1, -0.05) is 0 Å². The fourth-order valence-corrected chi connectivity index (χ4v) is 2.43. The van der Waals surface area contributed by atoms with Crippen LogP contribution in [0.2, 0.25) is 0 Å². The summed E-state index contributed by atoms with van der Waals surface area (Å²) >= 11 is 0. The van der Waals surface area contributed by atoms with Crippen molar-refractivity contribution in [1.29, 1.82) is 0 Å². The Labute approximate surface area is 94.4 Å². The predicted octanol–water partition coefficient (Wildman–Crippen LogP) is 0.629. The summed E-state index contributed by atoms with van der Waals surface area (Å²) in [6, 6.07) is 0.135. The minimum atomic E-state index is -0.997. The van der Waals surface area contributed by atoms with E-state index in [4.69, 9.17) is 4.74 Å². The fraction of sp³-hybridized carbons (Fsp3) is 0.818. The average Bonchev–Trinajstić information content (AvgIpc) is 2.98. The predicted molar refractivity (Wildman–Crippen MR) is 55.9 cm³/mol. The molecule has 5 nitrogen and oxygen atoms in total. The lowest BCUT2D eigenvalue weighted by Crippen LogP contribution is -2.65. The van der Waals surface area contributed by atoms with E-state index in [2.05, 4.69) is 0 Å². The highest BCUT2D eigenvalue weighted by molar-refractivity contribution is 5.83. The number of nitrogens with zero attached hydrogens (tertiary/aromatic N) is 1. The molecule has 2 fully saturated rings. The fourth-order valence-electron chi connectivity index (χ4n) is 2.43. The summed E-state index contributed by atoms with van der Waals surface area (Å²) < 4.78 is 5.37. The molecule has 0 saturated heterocycles. The lowest BCUT2D eigenvalue weighted by Gasteiger charge is -2.49. The van der Waals surface area contributed by atoms with Crippen molar-refractivity contribution < 1.29 is 19.4 Å². The van der Waals surface area contributed by atoms with Gasteiger partial charge in [-0.2, -0.15) is 0 Å². The number of amides is 1. The van der Waals surface area contributed by atoms with Gasteiger partial charge in [-0.15, -0.1) is 0 Å². The molecule has 0 aromatic heterocycles. The molecule has 2 saturated carbocycles. The molecule has 2 aliphatic rings. The molecule has 0 heterocycles. The van der Waals surface area contributed by atoms with Crippen molar-refractivity contribution in [2.45, 2.75) is 50.3 Å². The van der Waals surface area contributed by atoms with Gasteiger partial charge in [0.05, 0.1) is 6.10 Å². The van der Waals surface area contributed by atoms with Gasteiger partial charge in [-0.25, -0.2) is 4.79 Å². The molecule has 5 heteroatoms. The zero-order valence-corrected chi connectivity index (χ0v) is 9.39. The summed E-state index contributed by atoms with van der Waals surface area (Å²) in [4.78, 5) is 23.8. The zero-order chi connectivity index (χ0) is 11.8. The molecule has 0 aromatic carbocycles. The molecule has 1 N–H and O–H groups in total. The van der Waals surface area contributed by atoms with Crippen LogP contribution in [0.1, 0.15) is 32.6 Å². The highest BCUT2D eigenvalue weighted by atomic mass is 16.5. The summed E-state index contributed by atoms with van der Waals surface area (Å²) in [5.74, 6) is -0.901. The van der Waals surface area contributed by atoms with Crippen molar-refractivity contribution >= 4 is 12.4 Å². The molecule has 0 unspecified atom stereocenters. The zero-order valence-electron chi connectivity index (χ0n) is 9.39. The monoisotopic (exact) mass is 227 g/mol. The lowest BCUT2D eigenvalue weighted by atomic mass is 9.72. The number of carboxylic acids is 1. The van der Waals surface area contributed by atoms with Gasteiger partial charge >= 0.3 is 5.97 Å². The second kappa shape index (κ2) is 4.05. The van der Waals surface area contributed by atoms with Crippen LogP contribution >= 0.6 is 0 Å². The average molecular weight is 227 g/mol. The van der Waals surface area contributed by atoms with Gasteiger partial charge in [-0.05, 0) is 19.8 Å². The molecule has 0 aliphatic heterocycles. The molecule has 0 spiro atoms. The number of ether oxygens (including phenoxy) is 1. The third-order valence-corrected chi connectivity index (χ3v) is 3.48. The van der Waals surface area contributed by atoms with E-state index in [0.29, 0.717) is 25.9 Å². The summed E-state index contributed by atoms with van der Waals surface area (Å²) in [6.45, 7) is 2.48. The molecule has 1 amide bonds. The van der Waals surface area contributed by atoms with Crippen LogP contribution in [0.15, 0.2) is 0 Å². The Morgan fingerprint density at radius 1 is 1.56 bits per heavy atom. The SMILES string of the molecule is CCOC1CC(C(=O)O)(N(C=O)C2CC2)C1. The lowest BCUT2D eigenvalue weighted by molar-refractivity contribution is -0.176. The summed E-state index contributed by atoms with van der Waals surface area (Å²) in [5, 5.41) is 9.29. The number of carbonyl (C=O) groups excluding carboxylic acids is 1. The van der Waals surface area contributed by atoms with Crippen LogP contribution in [-0.2, 0) is 14.3 Å². The van der Waals surface area contributed by atoms with Gasteiger partial charge in [0.25, 0.3) is 0 Å². The first-order chi connectivity index (χ1) is 7.64. The Hall–Kier alpha value is -1.10. The Bertz CT molecular complexity index is 294. The molecule has 0 radical (unpaired) electrons. The molecule has 2 aliphatic carbocycles. The van der Waals surface area contributed by atoms with E-state index in [0.717, 1.165) is 12.8 Å². The van der Waals surface area contributed by atoms with E-state index >= 15 is 0 Å². The Kier molecular flexibility index (Phi) is 2.88. The van der Waals surface area contributed by atoms with Crippen molar-refractivity contribution in [3.05, 3.63) is 0 Å². The second-order valence-electron chi connectivity index (χ2n) is 4.57. The van der Waals surface area contributed by atoms with Gasteiger partial charge in [-0.3, -0.25) is 4.79 Å². The minimum absolute atomic E-state index is 0.0118. The molecular formula is C11H17NO4. The van der Waals surface area contributed by atoms with Crippen molar-refractivity contribution in [2.75, 3.05) is 6.61 Å². The molecule has 0 bridgehead atoms. The van der Waals surface area contributed by atoms with E-state index in [-0.39, 0.29) is 12.1 Å². The van der Waals surface area contributed by atoms with Crippen LogP contribution in [0.3, 0.4) is 0 Å². The number of hydrogen-bond donors (Lipinski definition) is 1. The van der Waals surface area contributed by atoms with Crippen molar-refractivity contribution in [3.8, 4) is 0 Å². The first kappa shape index (κ1) is 11.4. The number of aliphatic carboxylic acids is 1. The molecule has 90 valence electrons. The number of carboxylic acid groups (broad SMARTS) is 1. The van der Waals surface area contributed by atoms with E-state index in [1.165, 1.54) is 4.90 Å². The van der Waals surface area contributed by atoms with Crippen LogP contribution in [0.5, 0.6) is 0 Å². The highest BCUT2D eigenvalue weighted by Crippen LogP contribution is 2.44. The first-order valence-corrected chi connectivity index (χ1v) is 5.73. The minimum Gasteiger partial charge on any atom is -0.479 e.